The third kappa shape index (κ3) is 2.76. The maximum absolute atomic E-state index is 5.92. The highest BCUT2D eigenvalue weighted by Gasteiger charge is 2.47. The van der Waals surface area contributed by atoms with E-state index < -0.39 is 0 Å². The van der Waals surface area contributed by atoms with Crippen molar-refractivity contribution in [1.82, 2.24) is 4.98 Å². The van der Waals surface area contributed by atoms with Crippen LogP contribution in [0.5, 0.6) is 5.75 Å². The Morgan fingerprint density at radius 3 is 2.88 bits per heavy atom. The summed E-state index contributed by atoms with van der Waals surface area (Å²) < 4.78 is 11.7. The second-order valence-electron chi connectivity index (χ2n) is 7.66. The zero-order valence-corrected chi connectivity index (χ0v) is 15.2. The fourth-order valence-corrected chi connectivity index (χ4v) is 3.72. The molecule has 0 radical (unpaired) electrons. The number of ether oxygens (including phenoxy) is 2. The largest absolute Gasteiger partial charge is 0.491 e. The molecule has 5 nitrogen and oxygen atoms in total. The molecule has 26 heavy (non-hydrogen) atoms. The van der Waals surface area contributed by atoms with Crippen molar-refractivity contribution in [2.24, 2.45) is 4.99 Å². The van der Waals surface area contributed by atoms with Gasteiger partial charge < -0.3 is 14.4 Å². The fourth-order valence-electron chi connectivity index (χ4n) is 3.72. The van der Waals surface area contributed by atoms with Crippen molar-refractivity contribution in [2.75, 3.05) is 24.6 Å². The number of pyridine rings is 1. The predicted molar refractivity (Wildman–Crippen MR) is 102 cm³/mol. The first-order chi connectivity index (χ1) is 12.6. The lowest BCUT2D eigenvalue weighted by Crippen LogP contribution is -2.44. The van der Waals surface area contributed by atoms with Crippen LogP contribution in [0.2, 0.25) is 0 Å². The van der Waals surface area contributed by atoms with Crippen LogP contribution in [0.25, 0.3) is 0 Å². The van der Waals surface area contributed by atoms with Gasteiger partial charge in [0, 0.05) is 30.4 Å². The molecule has 0 bridgehead atoms. The van der Waals surface area contributed by atoms with Gasteiger partial charge in [0.25, 0.3) is 0 Å². The highest BCUT2D eigenvalue weighted by molar-refractivity contribution is 6.22. The predicted octanol–water partition coefficient (Wildman–Crippen LogP) is 3.72. The van der Waals surface area contributed by atoms with Gasteiger partial charge in [0.1, 0.15) is 11.6 Å². The number of benzene rings is 1. The molecule has 1 spiro atoms. The molecule has 5 heteroatoms. The maximum Gasteiger partial charge on any atom is 0.129 e. The molecule has 1 saturated carbocycles. The molecule has 5 rings (SSSR count). The highest BCUT2D eigenvalue weighted by atomic mass is 16.5. The van der Waals surface area contributed by atoms with Gasteiger partial charge in [-0.25, -0.2) is 9.98 Å². The minimum atomic E-state index is 0.0968. The average Bonchev–Trinajstić information content (AvgIpc) is 3.36. The van der Waals surface area contributed by atoms with Crippen LogP contribution in [0.4, 0.5) is 11.5 Å². The summed E-state index contributed by atoms with van der Waals surface area (Å²) in [6.07, 6.45) is 4.38. The molecule has 134 valence electrons. The van der Waals surface area contributed by atoms with Crippen LogP contribution < -0.4 is 9.64 Å². The topological polar surface area (TPSA) is 47.0 Å². The standard InChI is InChI=1S/C21H23N3O2/c1-14(2)26-16-3-4-18-17(12-16)20(23-18)15-5-8-22-19(11-15)24-9-10-25-21(13-24)6-7-21/h3-5,8,11-12,14H,6-7,9-10,13H2,1-2H3. The van der Waals surface area contributed by atoms with Gasteiger partial charge in [-0.2, -0.15) is 0 Å². The number of aliphatic imine (C=N–C) groups is 1. The molecule has 1 aromatic carbocycles. The van der Waals surface area contributed by atoms with Gasteiger partial charge in [-0.05, 0) is 57.0 Å². The molecule has 2 aromatic rings. The van der Waals surface area contributed by atoms with Gasteiger partial charge in [0.2, 0.25) is 0 Å². The Bertz CT molecular complexity index is 887. The molecule has 0 unspecified atom stereocenters. The number of aromatic nitrogens is 1. The molecular formula is C21H23N3O2. The summed E-state index contributed by atoms with van der Waals surface area (Å²) in [6.45, 7) is 6.70. The van der Waals surface area contributed by atoms with Crippen LogP contribution in [0.3, 0.4) is 0 Å². The molecular weight excluding hydrogens is 326 g/mol. The van der Waals surface area contributed by atoms with Crippen molar-refractivity contribution in [2.45, 2.75) is 38.4 Å². The van der Waals surface area contributed by atoms with Crippen molar-refractivity contribution in [3.8, 4) is 5.75 Å². The molecule has 1 saturated heterocycles. The summed E-state index contributed by atoms with van der Waals surface area (Å²) in [4.78, 5) is 11.6. The van der Waals surface area contributed by atoms with E-state index in [4.69, 9.17) is 14.5 Å². The summed E-state index contributed by atoms with van der Waals surface area (Å²) in [5.74, 6) is 1.91. The number of fused-ring (bicyclic) bond motifs is 1. The Balaban J connectivity index is 1.40. The second-order valence-corrected chi connectivity index (χ2v) is 7.66. The molecule has 1 aromatic heterocycles. The number of rotatable bonds is 4. The lowest BCUT2D eigenvalue weighted by atomic mass is 9.96. The van der Waals surface area contributed by atoms with Gasteiger partial charge in [-0.15, -0.1) is 0 Å². The number of anilines is 1. The third-order valence-electron chi connectivity index (χ3n) is 5.23. The van der Waals surface area contributed by atoms with Crippen molar-refractivity contribution in [3.63, 3.8) is 0 Å². The molecule has 1 aliphatic carbocycles. The van der Waals surface area contributed by atoms with Crippen LogP contribution >= 0.6 is 0 Å². The molecule has 0 amide bonds. The van der Waals surface area contributed by atoms with Gasteiger partial charge in [0.05, 0.1) is 29.7 Å². The first-order valence-electron chi connectivity index (χ1n) is 9.37. The number of nitrogens with zero attached hydrogens (tertiary/aromatic N) is 3. The van der Waals surface area contributed by atoms with E-state index in [0.29, 0.717) is 0 Å². The summed E-state index contributed by atoms with van der Waals surface area (Å²) in [5, 5.41) is 0. The van der Waals surface area contributed by atoms with Crippen LogP contribution in [0.15, 0.2) is 41.5 Å². The summed E-state index contributed by atoms with van der Waals surface area (Å²) in [7, 11) is 0. The highest BCUT2D eigenvalue weighted by Crippen LogP contribution is 2.43. The molecule has 3 heterocycles. The smallest absolute Gasteiger partial charge is 0.129 e. The summed E-state index contributed by atoms with van der Waals surface area (Å²) in [5.41, 5.74) is 4.41. The van der Waals surface area contributed by atoms with Crippen LogP contribution in [0.1, 0.15) is 37.8 Å². The molecule has 0 atom stereocenters. The molecule has 3 aliphatic rings. The van der Waals surface area contributed by atoms with E-state index in [2.05, 4.69) is 22.0 Å². The van der Waals surface area contributed by atoms with Crippen molar-refractivity contribution in [1.29, 1.82) is 0 Å². The Morgan fingerprint density at radius 1 is 1.19 bits per heavy atom. The monoisotopic (exact) mass is 349 g/mol. The van der Waals surface area contributed by atoms with Gasteiger partial charge in [0.15, 0.2) is 0 Å². The number of morpholine rings is 1. The van der Waals surface area contributed by atoms with E-state index in [9.17, 15) is 0 Å². The van der Waals surface area contributed by atoms with E-state index in [1.54, 1.807) is 0 Å². The van der Waals surface area contributed by atoms with E-state index in [1.165, 1.54) is 12.8 Å². The number of hydrogen-bond acceptors (Lipinski definition) is 5. The van der Waals surface area contributed by atoms with E-state index in [0.717, 1.165) is 53.8 Å². The normalized spacial score (nSPS) is 19.8. The minimum Gasteiger partial charge on any atom is -0.491 e. The molecule has 2 fully saturated rings. The quantitative estimate of drug-likeness (QED) is 0.720. The SMILES string of the molecule is CC(C)Oc1ccc2c(c1)C(c1ccnc(N3CCOC4(CC4)C3)c1)=N2. The fraction of sp³-hybridized carbons (Fsp3) is 0.429. The lowest BCUT2D eigenvalue weighted by molar-refractivity contribution is 0.0204. The third-order valence-corrected chi connectivity index (χ3v) is 5.23. The average molecular weight is 349 g/mol. The van der Waals surface area contributed by atoms with Gasteiger partial charge in [-0.1, -0.05) is 0 Å². The molecule has 0 N–H and O–H groups in total. The Morgan fingerprint density at radius 2 is 2.08 bits per heavy atom. The van der Waals surface area contributed by atoms with Crippen molar-refractivity contribution in [3.05, 3.63) is 47.7 Å². The zero-order chi connectivity index (χ0) is 17.7. The van der Waals surface area contributed by atoms with Crippen LogP contribution in [-0.2, 0) is 4.74 Å². The first-order valence-corrected chi connectivity index (χ1v) is 9.37. The van der Waals surface area contributed by atoms with E-state index >= 15 is 0 Å². The molecule has 2 aliphatic heterocycles. The van der Waals surface area contributed by atoms with Crippen molar-refractivity contribution >= 4 is 17.2 Å². The van der Waals surface area contributed by atoms with E-state index in [-0.39, 0.29) is 11.7 Å². The minimum absolute atomic E-state index is 0.0968. The van der Waals surface area contributed by atoms with Crippen molar-refractivity contribution < 1.29 is 9.47 Å². The first kappa shape index (κ1) is 15.8. The number of hydrogen-bond donors (Lipinski definition) is 0. The van der Waals surface area contributed by atoms with Gasteiger partial charge in [-0.3, -0.25) is 0 Å². The maximum atomic E-state index is 5.92. The summed E-state index contributed by atoms with van der Waals surface area (Å²) >= 11 is 0. The van der Waals surface area contributed by atoms with Gasteiger partial charge >= 0.3 is 0 Å². The second kappa shape index (κ2) is 5.81. The van der Waals surface area contributed by atoms with Crippen LogP contribution in [-0.4, -0.2) is 42.1 Å². The van der Waals surface area contributed by atoms with E-state index in [1.807, 2.05) is 38.2 Å². The summed E-state index contributed by atoms with van der Waals surface area (Å²) in [6, 6.07) is 10.3. The Labute approximate surface area is 153 Å². The Kier molecular flexibility index (Phi) is 3.54. The lowest BCUT2D eigenvalue weighted by Gasteiger charge is -2.34. The van der Waals surface area contributed by atoms with Crippen LogP contribution in [0, 0.1) is 0 Å². The Hall–Kier alpha value is -2.40. The zero-order valence-electron chi connectivity index (χ0n) is 15.2.